The normalized spacial score (nSPS) is 14.3. The van der Waals surface area contributed by atoms with Gasteiger partial charge in [0.1, 0.15) is 11.6 Å². The smallest absolute Gasteiger partial charge is 0.233 e. The summed E-state index contributed by atoms with van der Waals surface area (Å²) >= 11 is 1.41. The molecule has 4 rings (SSSR count). The zero-order chi connectivity index (χ0) is 20.9. The van der Waals surface area contributed by atoms with Crippen LogP contribution >= 0.6 is 11.8 Å². The van der Waals surface area contributed by atoms with Crippen molar-refractivity contribution in [3.63, 3.8) is 0 Å². The van der Waals surface area contributed by atoms with Gasteiger partial charge in [0.05, 0.1) is 18.0 Å². The predicted molar refractivity (Wildman–Crippen MR) is 118 cm³/mol. The van der Waals surface area contributed by atoms with Gasteiger partial charge in [0.2, 0.25) is 11.1 Å². The van der Waals surface area contributed by atoms with Crippen molar-refractivity contribution in [2.75, 3.05) is 13.7 Å². The maximum Gasteiger partial charge on any atom is 0.233 e. The van der Waals surface area contributed by atoms with Crippen molar-refractivity contribution in [1.82, 2.24) is 20.1 Å². The molecule has 0 saturated heterocycles. The first kappa shape index (κ1) is 20.5. The molecule has 1 aliphatic rings. The van der Waals surface area contributed by atoms with Crippen LogP contribution in [0.2, 0.25) is 0 Å². The number of amides is 1. The molecule has 1 atom stereocenters. The van der Waals surface area contributed by atoms with E-state index < -0.39 is 0 Å². The number of hydrogen-bond donors (Lipinski definition) is 1. The topological polar surface area (TPSA) is 69.0 Å². The minimum atomic E-state index is -0.264. The highest BCUT2D eigenvalue weighted by Gasteiger charge is 2.31. The van der Waals surface area contributed by atoms with E-state index >= 15 is 0 Å². The van der Waals surface area contributed by atoms with Crippen LogP contribution in [0.15, 0.2) is 59.8 Å². The Balaban J connectivity index is 1.34. The van der Waals surface area contributed by atoms with Crippen molar-refractivity contribution < 1.29 is 9.53 Å². The highest BCUT2D eigenvalue weighted by Crippen LogP contribution is 2.40. The van der Waals surface area contributed by atoms with Crippen molar-refractivity contribution in [3.05, 3.63) is 66.0 Å². The molecule has 0 aliphatic heterocycles. The summed E-state index contributed by atoms with van der Waals surface area (Å²) in [6, 6.07) is 18.0. The van der Waals surface area contributed by atoms with E-state index in [4.69, 9.17) is 9.72 Å². The largest absolute Gasteiger partial charge is 0.497 e. The fraction of sp³-hybridized carbons (Fsp3) is 0.348. The minimum absolute atomic E-state index is 0.00227. The fourth-order valence-corrected chi connectivity index (χ4v) is 3.98. The Bertz CT molecular complexity index is 984. The Hall–Kier alpha value is -2.80. The number of rotatable bonds is 9. The summed E-state index contributed by atoms with van der Waals surface area (Å²) in [7, 11) is 1.65. The van der Waals surface area contributed by atoms with Crippen molar-refractivity contribution >= 4 is 17.7 Å². The minimum Gasteiger partial charge on any atom is -0.497 e. The van der Waals surface area contributed by atoms with E-state index in [0.29, 0.717) is 17.6 Å². The molecular weight excluding hydrogens is 396 g/mol. The van der Waals surface area contributed by atoms with Gasteiger partial charge in [-0.3, -0.25) is 4.79 Å². The van der Waals surface area contributed by atoms with Crippen LogP contribution in [0.1, 0.15) is 37.1 Å². The zero-order valence-corrected chi connectivity index (χ0v) is 18.1. The number of carbonyl (C=O) groups excluding carboxylic acids is 1. The number of hydrogen-bond acceptors (Lipinski definition) is 5. The van der Waals surface area contributed by atoms with Gasteiger partial charge in [-0.2, -0.15) is 0 Å². The van der Waals surface area contributed by atoms with Gasteiger partial charge in [0.15, 0.2) is 0 Å². The van der Waals surface area contributed by atoms with Crippen LogP contribution in [-0.4, -0.2) is 39.6 Å². The third kappa shape index (κ3) is 5.02. The Morgan fingerprint density at radius 2 is 1.93 bits per heavy atom. The number of para-hydroxylation sites is 1. The molecule has 0 radical (unpaired) electrons. The highest BCUT2D eigenvalue weighted by molar-refractivity contribution is 8.00. The number of nitrogens with zero attached hydrogens (tertiary/aromatic N) is 3. The molecule has 30 heavy (non-hydrogen) atoms. The quantitative estimate of drug-likeness (QED) is 0.528. The molecule has 1 aliphatic carbocycles. The summed E-state index contributed by atoms with van der Waals surface area (Å²) in [5.41, 5.74) is 2.17. The van der Waals surface area contributed by atoms with Crippen molar-refractivity contribution in [2.24, 2.45) is 0 Å². The van der Waals surface area contributed by atoms with E-state index in [0.717, 1.165) is 42.1 Å². The standard InChI is InChI=1S/C23H26N4O2S/c1-16(22(28)24-15-14-17-8-12-20(29-2)13-9-17)30-23-25-21(18-10-11-18)27(26-23)19-6-4-3-5-7-19/h3-9,12-13,16,18H,10-11,14-15H2,1-2H3,(H,24,28)/t16-/m0/s1. The molecule has 1 N–H and O–H groups in total. The van der Waals surface area contributed by atoms with Crippen LogP contribution in [0, 0.1) is 0 Å². The summed E-state index contributed by atoms with van der Waals surface area (Å²) in [4.78, 5) is 17.3. The Labute approximate surface area is 181 Å². The molecular formula is C23H26N4O2S. The number of nitrogens with one attached hydrogen (secondary N) is 1. The molecule has 6 nitrogen and oxygen atoms in total. The van der Waals surface area contributed by atoms with Gasteiger partial charge in [-0.25, -0.2) is 9.67 Å². The van der Waals surface area contributed by atoms with Crippen LogP contribution in [0.5, 0.6) is 5.75 Å². The van der Waals surface area contributed by atoms with Gasteiger partial charge < -0.3 is 10.1 Å². The third-order valence-electron chi connectivity index (χ3n) is 5.08. The molecule has 156 valence electrons. The van der Waals surface area contributed by atoms with Crippen LogP contribution in [-0.2, 0) is 11.2 Å². The first-order valence-electron chi connectivity index (χ1n) is 10.2. The average Bonchev–Trinajstić information content (AvgIpc) is 3.54. The summed E-state index contributed by atoms with van der Waals surface area (Å²) < 4.78 is 7.10. The molecule has 2 aromatic carbocycles. The number of benzene rings is 2. The monoisotopic (exact) mass is 422 g/mol. The van der Waals surface area contributed by atoms with Crippen molar-refractivity contribution in [2.45, 2.75) is 42.5 Å². The van der Waals surface area contributed by atoms with Gasteiger partial charge in [0.25, 0.3) is 0 Å². The van der Waals surface area contributed by atoms with E-state index in [1.807, 2.05) is 66.2 Å². The lowest BCUT2D eigenvalue weighted by molar-refractivity contribution is -0.120. The second kappa shape index (κ2) is 9.34. The summed E-state index contributed by atoms with van der Waals surface area (Å²) in [5, 5.41) is 8.09. The first-order chi connectivity index (χ1) is 14.6. The van der Waals surface area contributed by atoms with E-state index in [9.17, 15) is 4.79 Å². The van der Waals surface area contributed by atoms with Crippen molar-refractivity contribution in [1.29, 1.82) is 0 Å². The Morgan fingerprint density at radius 3 is 2.60 bits per heavy atom. The molecule has 0 unspecified atom stereocenters. The summed E-state index contributed by atoms with van der Waals surface area (Å²) in [6.45, 7) is 2.49. The Kier molecular flexibility index (Phi) is 6.38. The number of thioether (sulfide) groups is 1. The molecule has 1 heterocycles. The lowest BCUT2D eigenvalue weighted by atomic mass is 10.1. The van der Waals surface area contributed by atoms with Gasteiger partial charge >= 0.3 is 0 Å². The molecule has 1 fully saturated rings. The van der Waals surface area contributed by atoms with E-state index in [2.05, 4.69) is 10.4 Å². The molecule has 0 spiro atoms. The molecule has 0 bridgehead atoms. The maximum atomic E-state index is 12.5. The number of methoxy groups -OCH3 is 1. The van der Waals surface area contributed by atoms with Crippen LogP contribution in [0.25, 0.3) is 5.69 Å². The lowest BCUT2D eigenvalue weighted by Gasteiger charge is -2.10. The molecule has 1 saturated carbocycles. The van der Waals surface area contributed by atoms with Crippen LogP contribution in [0.4, 0.5) is 0 Å². The average molecular weight is 423 g/mol. The summed E-state index contributed by atoms with van der Waals surface area (Å²) in [6.07, 6.45) is 3.08. The third-order valence-corrected chi connectivity index (χ3v) is 6.03. The highest BCUT2D eigenvalue weighted by atomic mass is 32.2. The second-order valence-electron chi connectivity index (χ2n) is 7.42. The van der Waals surface area contributed by atoms with E-state index in [1.165, 1.54) is 11.8 Å². The van der Waals surface area contributed by atoms with Crippen LogP contribution < -0.4 is 10.1 Å². The van der Waals surface area contributed by atoms with Gasteiger partial charge in [0, 0.05) is 12.5 Å². The summed E-state index contributed by atoms with van der Waals surface area (Å²) in [5.74, 6) is 2.30. The van der Waals surface area contributed by atoms with Crippen LogP contribution in [0.3, 0.4) is 0 Å². The lowest BCUT2D eigenvalue weighted by Crippen LogP contribution is -2.32. The molecule has 1 amide bonds. The van der Waals surface area contributed by atoms with E-state index in [1.54, 1.807) is 7.11 Å². The molecule has 1 aromatic heterocycles. The number of carbonyl (C=O) groups is 1. The first-order valence-corrected chi connectivity index (χ1v) is 11.1. The van der Waals surface area contributed by atoms with Gasteiger partial charge in [-0.05, 0) is 56.0 Å². The van der Waals surface area contributed by atoms with Crippen molar-refractivity contribution in [3.8, 4) is 11.4 Å². The zero-order valence-electron chi connectivity index (χ0n) is 17.2. The maximum absolute atomic E-state index is 12.5. The number of ether oxygens (including phenoxy) is 1. The Morgan fingerprint density at radius 1 is 1.20 bits per heavy atom. The fourth-order valence-electron chi connectivity index (χ4n) is 3.20. The number of aromatic nitrogens is 3. The van der Waals surface area contributed by atoms with Gasteiger partial charge in [-0.15, -0.1) is 5.10 Å². The SMILES string of the molecule is COc1ccc(CCNC(=O)[C@H](C)Sc2nc(C3CC3)n(-c3ccccc3)n2)cc1. The molecule has 7 heteroatoms. The second-order valence-corrected chi connectivity index (χ2v) is 8.73. The van der Waals surface area contributed by atoms with Gasteiger partial charge in [-0.1, -0.05) is 42.1 Å². The predicted octanol–water partition coefficient (Wildman–Crippen LogP) is 3.99. The molecule has 3 aromatic rings. The van der Waals surface area contributed by atoms with E-state index in [-0.39, 0.29) is 11.2 Å².